The zero-order valence-corrected chi connectivity index (χ0v) is 11.1. The number of nitrogens with one attached hydrogen (secondary N) is 1. The predicted octanol–water partition coefficient (Wildman–Crippen LogP) is 1.64. The van der Waals surface area contributed by atoms with Crippen LogP contribution in [0.25, 0.3) is 0 Å². The number of carbonyl (C=O) groups excluding carboxylic acids is 2. The van der Waals surface area contributed by atoms with Crippen LogP contribution in [0.1, 0.15) is 10.5 Å². The molecule has 1 heterocycles. The molecule has 0 unspecified atom stereocenters. The number of hydrogen-bond acceptors (Lipinski definition) is 6. The SMILES string of the molecule is CN(N=Nc1nc[nH]c1C(N)=O)C(=O)Oc1ccccc1. The summed E-state index contributed by atoms with van der Waals surface area (Å²) in [7, 11) is 1.35. The first-order valence-electron chi connectivity index (χ1n) is 5.83. The molecular formula is C12H12N6O3. The third kappa shape index (κ3) is 3.62. The molecule has 0 aliphatic rings. The number of aromatic nitrogens is 2. The fourth-order valence-electron chi connectivity index (χ4n) is 1.35. The standard InChI is InChI=1S/C12H12N6O3/c1-18(12(20)21-8-5-3-2-4-6-8)17-16-11-9(10(13)19)14-7-15-11/h2-7H,1H3,(H2,13,19)(H,14,15). The molecular weight excluding hydrogens is 276 g/mol. The van der Waals surface area contributed by atoms with Crippen LogP contribution in [0.5, 0.6) is 5.75 Å². The lowest BCUT2D eigenvalue weighted by Crippen LogP contribution is -2.24. The second kappa shape index (κ2) is 6.28. The number of amides is 2. The maximum atomic E-state index is 11.7. The highest BCUT2D eigenvalue weighted by Gasteiger charge is 2.13. The van der Waals surface area contributed by atoms with Crippen molar-refractivity contribution < 1.29 is 14.3 Å². The molecule has 1 aromatic carbocycles. The van der Waals surface area contributed by atoms with Gasteiger partial charge < -0.3 is 15.5 Å². The van der Waals surface area contributed by atoms with Gasteiger partial charge in [0.25, 0.3) is 5.91 Å². The molecule has 3 N–H and O–H groups in total. The predicted molar refractivity (Wildman–Crippen MR) is 71.9 cm³/mol. The lowest BCUT2D eigenvalue weighted by molar-refractivity contribution is 0.0996. The van der Waals surface area contributed by atoms with Gasteiger partial charge in [-0.3, -0.25) is 4.79 Å². The van der Waals surface area contributed by atoms with Crippen molar-refractivity contribution in [1.29, 1.82) is 0 Å². The number of primary amides is 1. The van der Waals surface area contributed by atoms with Gasteiger partial charge in [0.2, 0.25) is 5.82 Å². The molecule has 2 amide bonds. The van der Waals surface area contributed by atoms with Crippen molar-refractivity contribution >= 4 is 17.8 Å². The molecule has 0 bridgehead atoms. The third-order valence-corrected chi connectivity index (χ3v) is 2.35. The van der Waals surface area contributed by atoms with Crippen LogP contribution in [-0.2, 0) is 0 Å². The summed E-state index contributed by atoms with van der Waals surface area (Å²) in [6, 6.07) is 8.51. The Labute approximate surface area is 119 Å². The Morgan fingerprint density at radius 1 is 1.33 bits per heavy atom. The second-order valence-electron chi connectivity index (χ2n) is 3.86. The number of hydrogen-bond donors (Lipinski definition) is 2. The number of ether oxygens (including phenoxy) is 1. The Morgan fingerprint density at radius 3 is 2.71 bits per heavy atom. The fraction of sp³-hybridized carbons (Fsp3) is 0.0833. The Kier molecular flexibility index (Phi) is 4.24. The van der Waals surface area contributed by atoms with Crippen LogP contribution < -0.4 is 10.5 Å². The third-order valence-electron chi connectivity index (χ3n) is 2.35. The lowest BCUT2D eigenvalue weighted by atomic mass is 10.3. The first-order valence-corrected chi connectivity index (χ1v) is 5.83. The molecule has 108 valence electrons. The molecule has 9 nitrogen and oxygen atoms in total. The number of carbonyl (C=O) groups is 2. The van der Waals surface area contributed by atoms with E-state index < -0.39 is 12.0 Å². The van der Waals surface area contributed by atoms with Crippen LogP contribution in [0, 0.1) is 0 Å². The van der Waals surface area contributed by atoms with Gasteiger partial charge in [0.15, 0.2) is 5.69 Å². The molecule has 0 atom stereocenters. The molecule has 0 fully saturated rings. The Morgan fingerprint density at radius 2 is 2.05 bits per heavy atom. The number of nitrogens with two attached hydrogens (primary N) is 1. The van der Waals surface area contributed by atoms with Crippen LogP contribution in [0.3, 0.4) is 0 Å². The van der Waals surface area contributed by atoms with Crippen molar-refractivity contribution in [2.24, 2.45) is 16.1 Å². The highest BCUT2D eigenvalue weighted by molar-refractivity contribution is 5.94. The van der Waals surface area contributed by atoms with Gasteiger partial charge >= 0.3 is 6.09 Å². The number of nitrogens with zero attached hydrogens (tertiary/aromatic N) is 4. The molecule has 21 heavy (non-hydrogen) atoms. The summed E-state index contributed by atoms with van der Waals surface area (Å²) in [5.74, 6) is -0.361. The van der Waals surface area contributed by atoms with E-state index in [0.717, 1.165) is 5.01 Å². The van der Waals surface area contributed by atoms with Gasteiger partial charge in [-0.2, -0.15) is 5.01 Å². The number of para-hydroxylation sites is 1. The molecule has 0 spiro atoms. The van der Waals surface area contributed by atoms with Gasteiger partial charge in [0.05, 0.1) is 6.33 Å². The molecule has 0 saturated carbocycles. The van der Waals surface area contributed by atoms with Crippen LogP contribution >= 0.6 is 0 Å². The van der Waals surface area contributed by atoms with E-state index in [1.54, 1.807) is 30.3 Å². The normalized spacial score (nSPS) is 10.5. The van der Waals surface area contributed by atoms with E-state index in [1.165, 1.54) is 13.4 Å². The van der Waals surface area contributed by atoms with Crippen molar-refractivity contribution in [2.45, 2.75) is 0 Å². The van der Waals surface area contributed by atoms with Crippen LogP contribution in [0.15, 0.2) is 47.0 Å². The molecule has 0 aliphatic carbocycles. The molecule has 0 radical (unpaired) electrons. The van der Waals surface area contributed by atoms with Crippen molar-refractivity contribution in [2.75, 3.05) is 7.05 Å². The molecule has 2 aromatic rings. The maximum absolute atomic E-state index is 11.7. The van der Waals surface area contributed by atoms with E-state index in [0.29, 0.717) is 5.75 Å². The summed E-state index contributed by atoms with van der Waals surface area (Å²) in [5, 5.41) is 8.12. The van der Waals surface area contributed by atoms with E-state index in [1.807, 2.05) is 0 Å². The monoisotopic (exact) mass is 288 g/mol. The molecule has 9 heteroatoms. The van der Waals surface area contributed by atoms with Gasteiger partial charge in [0, 0.05) is 7.05 Å². The van der Waals surface area contributed by atoms with E-state index in [4.69, 9.17) is 10.5 Å². The van der Waals surface area contributed by atoms with E-state index in [2.05, 4.69) is 20.3 Å². The summed E-state index contributed by atoms with van der Waals surface area (Å²) in [5.41, 5.74) is 5.11. The van der Waals surface area contributed by atoms with E-state index >= 15 is 0 Å². The van der Waals surface area contributed by atoms with Crippen LogP contribution in [0.4, 0.5) is 10.6 Å². The lowest BCUT2D eigenvalue weighted by Gasteiger charge is -2.09. The van der Waals surface area contributed by atoms with Crippen molar-refractivity contribution in [3.63, 3.8) is 0 Å². The van der Waals surface area contributed by atoms with Crippen LogP contribution in [0.2, 0.25) is 0 Å². The molecule has 2 rings (SSSR count). The molecule has 1 aromatic heterocycles. The summed E-state index contributed by atoms with van der Waals surface area (Å²) in [6.45, 7) is 0. The number of rotatable bonds is 4. The summed E-state index contributed by atoms with van der Waals surface area (Å²) >= 11 is 0. The van der Waals surface area contributed by atoms with Gasteiger partial charge in [-0.15, -0.1) is 5.11 Å². The minimum absolute atomic E-state index is 0.00331. The minimum atomic E-state index is -0.735. The smallest absolute Gasteiger partial charge is 0.409 e. The second-order valence-corrected chi connectivity index (χ2v) is 3.86. The number of aromatic amines is 1. The summed E-state index contributed by atoms with van der Waals surface area (Å²) < 4.78 is 5.04. The molecule has 0 saturated heterocycles. The zero-order chi connectivity index (χ0) is 15.2. The maximum Gasteiger partial charge on any atom is 0.436 e. The van der Waals surface area contributed by atoms with Crippen LogP contribution in [-0.4, -0.2) is 34.0 Å². The Balaban J connectivity index is 2.02. The Bertz CT molecular complexity index is 667. The largest absolute Gasteiger partial charge is 0.436 e. The summed E-state index contributed by atoms with van der Waals surface area (Å²) in [6.07, 6.45) is 0.512. The zero-order valence-electron chi connectivity index (χ0n) is 11.1. The highest BCUT2D eigenvalue weighted by atomic mass is 16.6. The number of benzene rings is 1. The minimum Gasteiger partial charge on any atom is -0.409 e. The topological polar surface area (TPSA) is 126 Å². The average Bonchev–Trinajstić information content (AvgIpc) is 2.94. The van der Waals surface area contributed by atoms with E-state index in [9.17, 15) is 9.59 Å². The molecule has 0 aliphatic heterocycles. The number of H-pyrrole nitrogens is 1. The summed E-state index contributed by atoms with van der Waals surface area (Å²) in [4.78, 5) is 29.0. The van der Waals surface area contributed by atoms with E-state index in [-0.39, 0.29) is 11.5 Å². The first-order chi connectivity index (χ1) is 10.1. The fourth-order valence-corrected chi connectivity index (χ4v) is 1.35. The van der Waals surface area contributed by atoms with Crippen molar-refractivity contribution in [3.05, 3.63) is 42.4 Å². The number of imidazole rings is 1. The van der Waals surface area contributed by atoms with Crippen molar-refractivity contribution in [1.82, 2.24) is 15.0 Å². The first kappa shape index (κ1) is 14.2. The van der Waals surface area contributed by atoms with Crippen molar-refractivity contribution in [3.8, 4) is 5.75 Å². The Hall–Kier alpha value is -3.23. The van der Waals surface area contributed by atoms with Gasteiger partial charge in [-0.1, -0.05) is 23.4 Å². The van der Waals surface area contributed by atoms with Gasteiger partial charge in [-0.25, -0.2) is 9.78 Å². The average molecular weight is 288 g/mol. The highest BCUT2D eigenvalue weighted by Crippen LogP contribution is 2.14. The van der Waals surface area contributed by atoms with Gasteiger partial charge in [-0.05, 0) is 12.1 Å². The van der Waals surface area contributed by atoms with Gasteiger partial charge in [0.1, 0.15) is 5.75 Å². The quantitative estimate of drug-likeness (QED) is 0.654.